The Labute approximate surface area is 204 Å². The van der Waals surface area contributed by atoms with E-state index in [9.17, 15) is 14.4 Å². The van der Waals surface area contributed by atoms with Gasteiger partial charge in [-0.15, -0.1) is 0 Å². The van der Waals surface area contributed by atoms with Crippen LogP contribution in [-0.2, 0) is 20.8 Å². The van der Waals surface area contributed by atoms with Gasteiger partial charge in [0.15, 0.2) is 5.17 Å². The van der Waals surface area contributed by atoms with Gasteiger partial charge in [-0.05, 0) is 49.1 Å². The Balaban J connectivity index is 1.45. The van der Waals surface area contributed by atoms with E-state index in [0.29, 0.717) is 36.8 Å². The van der Waals surface area contributed by atoms with Crippen LogP contribution in [-0.4, -0.2) is 57.6 Å². The molecule has 8 heteroatoms. The first-order valence-corrected chi connectivity index (χ1v) is 12.7. The molecule has 0 saturated carbocycles. The molecule has 34 heavy (non-hydrogen) atoms. The molecule has 4 rings (SSSR count). The van der Waals surface area contributed by atoms with Crippen molar-refractivity contribution >= 4 is 46.0 Å². The number of benzene rings is 2. The summed E-state index contributed by atoms with van der Waals surface area (Å²) in [5.41, 5.74) is 2.71. The summed E-state index contributed by atoms with van der Waals surface area (Å²) in [6, 6.07) is 17.2. The molecule has 0 aliphatic carbocycles. The van der Waals surface area contributed by atoms with Crippen molar-refractivity contribution < 1.29 is 14.4 Å². The third-order valence-corrected chi connectivity index (χ3v) is 7.17. The number of nitrogens with one attached hydrogen (secondary N) is 1. The van der Waals surface area contributed by atoms with Crippen LogP contribution in [0.4, 0.5) is 11.4 Å². The van der Waals surface area contributed by atoms with Crippen LogP contribution < -0.4 is 5.32 Å². The maximum atomic E-state index is 13.2. The van der Waals surface area contributed by atoms with Crippen molar-refractivity contribution in [2.75, 3.05) is 25.0 Å². The van der Waals surface area contributed by atoms with Crippen molar-refractivity contribution in [2.24, 2.45) is 4.99 Å². The Bertz CT molecular complexity index is 1060. The van der Waals surface area contributed by atoms with Gasteiger partial charge in [-0.3, -0.25) is 19.3 Å². The fourth-order valence-corrected chi connectivity index (χ4v) is 5.29. The fraction of sp³-hybridized carbons (Fsp3) is 0.385. The molecule has 178 valence electrons. The van der Waals surface area contributed by atoms with Gasteiger partial charge in [0.05, 0.1) is 5.69 Å². The molecule has 0 aromatic heterocycles. The van der Waals surface area contributed by atoms with Crippen LogP contribution in [0, 0.1) is 0 Å². The number of aliphatic imine (C=N–C) groups is 1. The number of hydrogen-bond acceptors (Lipinski definition) is 5. The number of aryl methyl sites for hydroxylation is 1. The number of nitrogens with zero attached hydrogens (tertiary/aromatic N) is 3. The molecule has 1 unspecified atom stereocenters. The molecule has 2 aromatic carbocycles. The molecule has 7 nitrogen and oxygen atoms in total. The van der Waals surface area contributed by atoms with E-state index in [-0.39, 0.29) is 24.1 Å². The van der Waals surface area contributed by atoms with Gasteiger partial charge >= 0.3 is 0 Å². The van der Waals surface area contributed by atoms with Gasteiger partial charge in [0.25, 0.3) is 0 Å². The van der Waals surface area contributed by atoms with Crippen molar-refractivity contribution in [3.63, 3.8) is 0 Å². The zero-order chi connectivity index (χ0) is 23.9. The number of para-hydroxylation sites is 1. The minimum atomic E-state index is -0.522. The molecule has 2 saturated heterocycles. The van der Waals surface area contributed by atoms with Crippen molar-refractivity contribution in [3.8, 4) is 0 Å². The highest BCUT2D eigenvalue weighted by Crippen LogP contribution is 2.32. The number of carbonyl (C=O) groups excluding carboxylic acids is 3. The Morgan fingerprint density at radius 3 is 2.53 bits per heavy atom. The number of amides is 3. The van der Waals surface area contributed by atoms with Crippen LogP contribution in [0.2, 0.25) is 0 Å². The second kappa shape index (κ2) is 11.3. The summed E-state index contributed by atoms with van der Waals surface area (Å²) in [5, 5.41) is 2.95. The molecule has 2 aliphatic heterocycles. The van der Waals surface area contributed by atoms with Gasteiger partial charge in [-0.25, -0.2) is 4.99 Å². The van der Waals surface area contributed by atoms with Gasteiger partial charge in [-0.2, -0.15) is 0 Å². The summed E-state index contributed by atoms with van der Waals surface area (Å²) in [5.74, 6) is -0.124. The number of likely N-dealkylation sites (tertiary alicyclic amines) is 1. The average Bonchev–Trinajstić information content (AvgIpc) is 3.38. The monoisotopic (exact) mass is 478 g/mol. The van der Waals surface area contributed by atoms with Gasteiger partial charge in [-0.1, -0.05) is 49.0 Å². The SMILES string of the molecule is CCc1ccc(N=C2SC(CC(=O)Nc3ccccc3)C(=O)N2CCCN2CCCC2=O)cc1. The normalized spacial score (nSPS) is 19.3. The number of rotatable bonds is 9. The van der Waals surface area contributed by atoms with E-state index in [1.165, 1.54) is 17.3 Å². The van der Waals surface area contributed by atoms with Crippen molar-refractivity contribution in [1.29, 1.82) is 0 Å². The minimum Gasteiger partial charge on any atom is -0.343 e. The number of hydrogen-bond donors (Lipinski definition) is 1. The predicted molar refractivity (Wildman–Crippen MR) is 136 cm³/mol. The molecule has 1 atom stereocenters. The molecule has 2 heterocycles. The second-order valence-electron chi connectivity index (χ2n) is 8.47. The first-order valence-electron chi connectivity index (χ1n) is 11.8. The first-order chi connectivity index (χ1) is 16.5. The Morgan fingerprint density at radius 2 is 1.85 bits per heavy atom. The molecule has 2 fully saturated rings. The van der Waals surface area contributed by atoms with Crippen molar-refractivity contribution in [3.05, 3.63) is 60.2 Å². The Morgan fingerprint density at radius 1 is 1.09 bits per heavy atom. The largest absolute Gasteiger partial charge is 0.343 e. The lowest BCUT2D eigenvalue weighted by Gasteiger charge is -2.20. The van der Waals surface area contributed by atoms with Gasteiger partial charge in [0, 0.05) is 38.2 Å². The summed E-state index contributed by atoms with van der Waals surface area (Å²) in [7, 11) is 0. The topological polar surface area (TPSA) is 82.1 Å². The number of thioether (sulfide) groups is 1. The summed E-state index contributed by atoms with van der Waals surface area (Å²) >= 11 is 1.34. The number of carbonyl (C=O) groups is 3. The highest BCUT2D eigenvalue weighted by atomic mass is 32.2. The summed E-state index contributed by atoms with van der Waals surface area (Å²) < 4.78 is 0. The van der Waals surface area contributed by atoms with Crippen LogP contribution in [0.25, 0.3) is 0 Å². The summed E-state index contributed by atoms with van der Waals surface area (Å²) in [6.45, 7) is 3.99. The fourth-order valence-electron chi connectivity index (χ4n) is 4.11. The van der Waals surface area contributed by atoms with Crippen molar-refractivity contribution in [2.45, 2.75) is 44.3 Å². The molecule has 2 aromatic rings. The van der Waals surface area contributed by atoms with E-state index < -0.39 is 5.25 Å². The lowest BCUT2D eigenvalue weighted by Crippen LogP contribution is -2.36. The minimum absolute atomic E-state index is 0.0767. The van der Waals surface area contributed by atoms with E-state index in [2.05, 4.69) is 12.2 Å². The van der Waals surface area contributed by atoms with Crippen LogP contribution in [0.3, 0.4) is 0 Å². The molecule has 0 spiro atoms. The standard InChI is InChI=1S/C26H30N4O3S/c1-2-19-11-13-21(14-12-19)28-26-30(17-7-16-29-15-6-10-24(29)32)25(33)22(34-26)18-23(31)27-20-8-4-3-5-9-20/h3-5,8-9,11-14,22H,2,6-7,10,15-18H2,1H3,(H,27,31). The van der Waals surface area contributed by atoms with E-state index in [0.717, 1.165) is 25.1 Å². The van der Waals surface area contributed by atoms with E-state index >= 15 is 0 Å². The maximum absolute atomic E-state index is 13.2. The van der Waals surface area contributed by atoms with Gasteiger partial charge in [0.2, 0.25) is 17.7 Å². The zero-order valence-corrected chi connectivity index (χ0v) is 20.2. The van der Waals surface area contributed by atoms with Crippen LogP contribution in [0.1, 0.15) is 38.2 Å². The molecular weight excluding hydrogens is 448 g/mol. The predicted octanol–water partition coefficient (Wildman–Crippen LogP) is 4.22. The third kappa shape index (κ3) is 6.05. The highest BCUT2D eigenvalue weighted by Gasteiger charge is 2.39. The van der Waals surface area contributed by atoms with Gasteiger partial charge in [0.1, 0.15) is 5.25 Å². The molecule has 0 radical (unpaired) electrons. The molecule has 2 aliphatic rings. The molecule has 1 N–H and O–H groups in total. The molecule has 3 amide bonds. The second-order valence-corrected chi connectivity index (χ2v) is 9.64. The zero-order valence-electron chi connectivity index (χ0n) is 19.4. The van der Waals surface area contributed by atoms with Gasteiger partial charge < -0.3 is 10.2 Å². The molecular formula is C26H30N4O3S. The van der Waals surface area contributed by atoms with E-state index in [1.807, 2.05) is 59.5 Å². The van der Waals surface area contributed by atoms with Crippen molar-refractivity contribution in [1.82, 2.24) is 9.80 Å². The van der Waals surface area contributed by atoms with Crippen LogP contribution in [0.5, 0.6) is 0 Å². The maximum Gasteiger partial charge on any atom is 0.242 e. The Hall–Kier alpha value is -3.13. The average molecular weight is 479 g/mol. The lowest BCUT2D eigenvalue weighted by atomic mass is 10.2. The smallest absolute Gasteiger partial charge is 0.242 e. The van der Waals surface area contributed by atoms with Crippen LogP contribution >= 0.6 is 11.8 Å². The molecule has 0 bridgehead atoms. The highest BCUT2D eigenvalue weighted by molar-refractivity contribution is 8.15. The van der Waals surface area contributed by atoms with E-state index in [1.54, 1.807) is 4.90 Å². The summed E-state index contributed by atoms with van der Waals surface area (Å²) in [4.78, 5) is 46.1. The van der Waals surface area contributed by atoms with Crippen LogP contribution in [0.15, 0.2) is 59.6 Å². The van der Waals surface area contributed by atoms with E-state index in [4.69, 9.17) is 4.99 Å². The number of anilines is 1. The number of amidine groups is 1. The quantitative estimate of drug-likeness (QED) is 0.585. The Kier molecular flexibility index (Phi) is 8.00. The lowest BCUT2D eigenvalue weighted by molar-refractivity contribution is -0.128. The summed E-state index contributed by atoms with van der Waals surface area (Å²) in [6.07, 6.45) is 3.21. The first kappa shape index (κ1) is 24.0. The third-order valence-electron chi connectivity index (χ3n) is 6.00.